The molecule has 0 amide bonds. The van der Waals surface area contributed by atoms with Crippen molar-refractivity contribution >= 4 is 13.6 Å². The molecule has 1 aliphatic carbocycles. The maximum absolute atomic E-state index is 2.53. The van der Waals surface area contributed by atoms with Crippen molar-refractivity contribution in [2.45, 2.75) is 5.92 Å². The summed E-state index contributed by atoms with van der Waals surface area (Å²) >= 11 is 0. The molecule has 5 heteroatoms. The Kier molecular flexibility index (Phi) is 5.29. The fourth-order valence-corrected chi connectivity index (χ4v) is 8.24. The van der Waals surface area contributed by atoms with Gasteiger partial charge in [-0.25, -0.2) is 18.3 Å². The molecule has 0 N–H and O–H groups in total. The SMILES string of the molecule is CN(C)P(N(C)C)(N(C)CC1C=Cc2ccccc21)=[N+](C)C. The quantitative estimate of drug-likeness (QED) is 0.774. The highest BCUT2D eigenvalue weighted by Gasteiger charge is 2.40. The topological polar surface area (TPSA) is 12.7 Å². The van der Waals surface area contributed by atoms with Crippen molar-refractivity contribution in [2.75, 3.05) is 55.9 Å². The summed E-state index contributed by atoms with van der Waals surface area (Å²) in [5, 5.41) is 0. The van der Waals surface area contributed by atoms with Crippen LogP contribution < -0.4 is 0 Å². The Morgan fingerprint density at radius 2 is 1.59 bits per heavy atom. The van der Waals surface area contributed by atoms with Gasteiger partial charge in [0.1, 0.15) is 14.1 Å². The number of benzene rings is 1. The molecule has 0 fully saturated rings. The van der Waals surface area contributed by atoms with E-state index in [-0.39, 0.29) is 0 Å². The monoisotopic (exact) mass is 321 g/mol. The van der Waals surface area contributed by atoms with Crippen LogP contribution in [0.25, 0.3) is 6.08 Å². The first-order chi connectivity index (χ1) is 10.3. The van der Waals surface area contributed by atoms with E-state index in [0.717, 1.165) is 6.54 Å². The Morgan fingerprint density at radius 1 is 1.00 bits per heavy atom. The molecule has 0 heterocycles. The lowest BCUT2D eigenvalue weighted by molar-refractivity contribution is -0.453. The van der Waals surface area contributed by atoms with E-state index in [1.807, 2.05) is 0 Å². The van der Waals surface area contributed by atoms with Crippen molar-refractivity contribution in [3.63, 3.8) is 0 Å². The van der Waals surface area contributed by atoms with E-state index < -0.39 is 7.51 Å². The van der Waals surface area contributed by atoms with Gasteiger partial charge in [0.15, 0.2) is 0 Å². The lowest BCUT2D eigenvalue weighted by atomic mass is 10.0. The van der Waals surface area contributed by atoms with Gasteiger partial charge in [-0.3, -0.25) is 0 Å². The van der Waals surface area contributed by atoms with Gasteiger partial charge >= 0.3 is 7.51 Å². The average molecular weight is 321 g/mol. The van der Waals surface area contributed by atoms with Crippen LogP contribution in [-0.2, 0) is 0 Å². The van der Waals surface area contributed by atoms with Crippen LogP contribution >= 0.6 is 7.51 Å². The molecule has 0 spiro atoms. The van der Waals surface area contributed by atoms with Gasteiger partial charge in [-0.05, 0) is 46.4 Å². The normalized spacial score (nSPS) is 17.6. The van der Waals surface area contributed by atoms with Gasteiger partial charge in [-0.1, -0.05) is 36.4 Å². The highest BCUT2D eigenvalue weighted by atomic mass is 31.2. The molecular weight excluding hydrogens is 291 g/mol. The third-order valence-electron chi connectivity index (χ3n) is 4.43. The van der Waals surface area contributed by atoms with Gasteiger partial charge in [0.2, 0.25) is 0 Å². The van der Waals surface area contributed by atoms with Crippen molar-refractivity contribution in [1.82, 2.24) is 14.0 Å². The summed E-state index contributed by atoms with van der Waals surface area (Å²) in [5.74, 6) is 0.473. The molecule has 1 atom stereocenters. The molecule has 122 valence electrons. The maximum Gasteiger partial charge on any atom is 0.310 e. The number of nitrogens with zero attached hydrogens (tertiary/aromatic N) is 4. The third-order valence-corrected chi connectivity index (χ3v) is 8.73. The predicted octanol–water partition coefficient (Wildman–Crippen LogP) is 3.07. The number of hydrogen-bond donors (Lipinski definition) is 0. The highest BCUT2D eigenvalue weighted by Crippen LogP contribution is 2.55. The predicted molar refractivity (Wildman–Crippen MR) is 97.2 cm³/mol. The summed E-state index contributed by atoms with van der Waals surface area (Å²) in [5.41, 5.74) is 2.81. The number of likely N-dealkylation sites (N-methyl/N-ethyl adjacent to an activating group) is 1. The molecule has 0 aliphatic heterocycles. The van der Waals surface area contributed by atoms with Crippen LogP contribution in [0.3, 0.4) is 0 Å². The summed E-state index contributed by atoms with van der Waals surface area (Å²) in [7, 11) is 13.7. The van der Waals surface area contributed by atoms with Gasteiger partial charge in [-0.2, -0.15) is 0 Å². The standard InChI is InChI=1S/C17H30N4P/c1-18(2)22(19(3)4,20(5)6)21(7)14-16-13-12-15-10-8-9-11-17(15)16/h8-13,16H,14H2,1-7H3/q+1. The number of rotatable bonds is 5. The van der Waals surface area contributed by atoms with Gasteiger partial charge in [0.25, 0.3) is 0 Å². The van der Waals surface area contributed by atoms with Crippen LogP contribution in [0.4, 0.5) is 0 Å². The van der Waals surface area contributed by atoms with E-state index >= 15 is 0 Å². The number of hydrogen-bond acceptors (Lipinski definition) is 0. The molecule has 0 saturated heterocycles. The minimum absolute atomic E-state index is 0.473. The summed E-state index contributed by atoms with van der Waals surface area (Å²) < 4.78 is 9.65. The van der Waals surface area contributed by atoms with E-state index in [9.17, 15) is 0 Å². The lowest BCUT2D eigenvalue weighted by Gasteiger charge is -2.39. The van der Waals surface area contributed by atoms with Crippen LogP contribution in [0, 0.1) is 0 Å². The molecular formula is C17H30N4P+. The molecule has 1 aromatic rings. The Labute approximate surface area is 135 Å². The van der Waals surface area contributed by atoms with E-state index in [1.54, 1.807) is 0 Å². The second-order valence-corrected chi connectivity index (χ2v) is 10.7. The molecule has 0 saturated carbocycles. The second-order valence-electron chi connectivity index (χ2n) is 6.51. The Hall–Kier alpha value is -0.930. The van der Waals surface area contributed by atoms with Gasteiger partial charge in [-0.15, -0.1) is 0 Å². The Bertz CT molecular complexity index is 603. The van der Waals surface area contributed by atoms with Crippen LogP contribution in [0.5, 0.6) is 0 Å². The highest BCUT2D eigenvalue weighted by molar-refractivity contribution is 7.56. The molecule has 0 bridgehead atoms. The van der Waals surface area contributed by atoms with Crippen molar-refractivity contribution in [2.24, 2.45) is 0 Å². The fourth-order valence-electron chi connectivity index (χ4n) is 3.87. The lowest BCUT2D eigenvalue weighted by Crippen LogP contribution is -2.38. The van der Waals surface area contributed by atoms with Crippen LogP contribution in [-0.4, -0.2) is 74.2 Å². The van der Waals surface area contributed by atoms with Gasteiger partial charge < -0.3 is 0 Å². The Morgan fingerprint density at radius 3 is 2.14 bits per heavy atom. The fraction of sp³-hybridized carbons (Fsp3) is 0.529. The van der Waals surface area contributed by atoms with E-state index in [4.69, 9.17) is 0 Å². The van der Waals surface area contributed by atoms with Crippen molar-refractivity contribution in [3.8, 4) is 0 Å². The minimum atomic E-state index is -1.67. The van der Waals surface area contributed by atoms with Crippen LogP contribution in [0.15, 0.2) is 30.3 Å². The van der Waals surface area contributed by atoms with Crippen LogP contribution in [0.2, 0.25) is 0 Å². The summed E-state index contributed by atoms with van der Waals surface area (Å²) in [6, 6.07) is 8.73. The van der Waals surface area contributed by atoms with E-state index in [2.05, 4.69) is 104 Å². The molecule has 1 aromatic carbocycles. The largest absolute Gasteiger partial charge is 0.310 e. The summed E-state index contributed by atoms with van der Waals surface area (Å²) in [4.78, 5) is 0. The first-order valence-electron chi connectivity index (χ1n) is 7.73. The smallest absolute Gasteiger partial charge is 0.228 e. The first kappa shape index (κ1) is 17.4. The van der Waals surface area contributed by atoms with Crippen molar-refractivity contribution in [1.29, 1.82) is 0 Å². The zero-order valence-electron chi connectivity index (χ0n) is 15.0. The first-order valence-corrected chi connectivity index (χ1v) is 9.33. The van der Waals surface area contributed by atoms with Gasteiger partial charge in [0.05, 0.1) is 0 Å². The maximum atomic E-state index is 2.53. The zero-order chi connectivity index (χ0) is 16.5. The average Bonchev–Trinajstić information content (AvgIpc) is 2.81. The van der Waals surface area contributed by atoms with Crippen LogP contribution in [0.1, 0.15) is 17.0 Å². The van der Waals surface area contributed by atoms with Crippen molar-refractivity contribution in [3.05, 3.63) is 41.5 Å². The van der Waals surface area contributed by atoms with Crippen molar-refractivity contribution < 1.29 is 4.33 Å². The van der Waals surface area contributed by atoms with E-state index in [0.29, 0.717) is 5.92 Å². The summed E-state index contributed by atoms with van der Waals surface area (Å²) in [6.45, 7) is 1.02. The van der Waals surface area contributed by atoms with Gasteiger partial charge in [0, 0.05) is 12.5 Å². The molecule has 1 unspecified atom stereocenters. The minimum Gasteiger partial charge on any atom is -0.228 e. The molecule has 0 aromatic heterocycles. The molecule has 22 heavy (non-hydrogen) atoms. The molecule has 2 rings (SSSR count). The molecule has 4 nitrogen and oxygen atoms in total. The molecule has 0 radical (unpaired) electrons. The summed E-state index contributed by atoms with van der Waals surface area (Å²) in [6.07, 6.45) is 4.60. The Balaban J connectivity index is 2.34. The second kappa shape index (κ2) is 6.67. The number of fused-ring (bicyclic) bond motifs is 1. The third kappa shape index (κ3) is 2.81. The zero-order valence-corrected chi connectivity index (χ0v) is 15.9. The van der Waals surface area contributed by atoms with E-state index in [1.165, 1.54) is 11.1 Å². The molecule has 1 aliphatic rings.